The molecule has 0 bridgehead atoms. The number of anilines is 2. The number of nitrogen functional groups attached to an aromatic ring is 2. The SMILES string of the molecule is Nc1cc(N)c2cc[nH]c2c1Br. The molecule has 0 aliphatic carbocycles. The van der Waals surface area contributed by atoms with Crippen LogP contribution in [0.4, 0.5) is 11.4 Å². The van der Waals surface area contributed by atoms with Gasteiger partial charge in [-0.1, -0.05) is 0 Å². The van der Waals surface area contributed by atoms with Gasteiger partial charge in [0.25, 0.3) is 0 Å². The van der Waals surface area contributed by atoms with Crippen LogP contribution in [-0.4, -0.2) is 4.98 Å². The molecule has 2 rings (SSSR count). The van der Waals surface area contributed by atoms with Gasteiger partial charge in [-0.2, -0.15) is 0 Å². The number of halogens is 1. The molecular weight excluding hydrogens is 218 g/mol. The largest absolute Gasteiger partial charge is 0.398 e. The van der Waals surface area contributed by atoms with Crippen LogP contribution in [0.5, 0.6) is 0 Å². The number of hydrogen-bond acceptors (Lipinski definition) is 2. The van der Waals surface area contributed by atoms with Gasteiger partial charge in [-0.15, -0.1) is 0 Å². The van der Waals surface area contributed by atoms with E-state index in [9.17, 15) is 0 Å². The fourth-order valence-electron chi connectivity index (χ4n) is 1.24. The first-order valence-corrected chi connectivity index (χ1v) is 4.30. The first kappa shape index (κ1) is 7.49. The Morgan fingerprint density at radius 3 is 2.75 bits per heavy atom. The predicted octanol–water partition coefficient (Wildman–Crippen LogP) is 2.09. The summed E-state index contributed by atoms with van der Waals surface area (Å²) in [5.74, 6) is 0. The van der Waals surface area contributed by atoms with E-state index >= 15 is 0 Å². The minimum absolute atomic E-state index is 0.655. The molecule has 0 aliphatic rings. The summed E-state index contributed by atoms with van der Waals surface area (Å²) in [7, 11) is 0. The molecule has 1 heterocycles. The van der Waals surface area contributed by atoms with E-state index in [0.717, 1.165) is 15.4 Å². The van der Waals surface area contributed by atoms with Gasteiger partial charge in [0.15, 0.2) is 0 Å². The summed E-state index contributed by atoms with van der Waals surface area (Å²) >= 11 is 3.38. The summed E-state index contributed by atoms with van der Waals surface area (Å²) in [6, 6.07) is 3.68. The van der Waals surface area contributed by atoms with Crippen LogP contribution >= 0.6 is 15.9 Å². The second kappa shape index (κ2) is 2.42. The molecule has 5 N–H and O–H groups in total. The molecule has 0 unspecified atom stereocenters. The molecule has 2 aromatic rings. The predicted molar refractivity (Wildman–Crippen MR) is 54.8 cm³/mol. The highest BCUT2D eigenvalue weighted by molar-refractivity contribution is 9.10. The van der Waals surface area contributed by atoms with E-state index in [2.05, 4.69) is 20.9 Å². The molecule has 0 radical (unpaired) electrons. The third-order valence-corrected chi connectivity index (χ3v) is 2.70. The Hall–Kier alpha value is -1.16. The number of aromatic amines is 1. The molecule has 0 amide bonds. The lowest BCUT2D eigenvalue weighted by atomic mass is 10.2. The van der Waals surface area contributed by atoms with Crippen LogP contribution in [0.2, 0.25) is 0 Å². The van der Waals surface area contributed by atoms with Crippen molar-refractivity contribution >= 4 is 38.2 Å². The lowest BCUT2D eigenvalue weighted by Crippen LogP contribution is -1.92. The number of rotatable bonds is 0. The topological polar surface area (TPSA) is 67.8 Å². The highest BCUT2D eigenvalue weighted by atomic mass is 79.9. The van der Waals surface area contributed by atoms with E-state index in [1.807, 2.05) is 12.3 Å². The maximum atomic E-state index is 5.75. The monoisotopic (exact) mass is 225 g/mol. The quantitative estimate of drug-likeness (QED) is 0.602. The van der Waals surface area contributed by atoms with Gasteiger partial charge in [-0.25, -0.2) is 0 Å². The molecule has 0 atom stereocenters. The minimum Gasteiger partial charge on any atom is -0.398 e. The Morgan fingerprint density at radius 1 is 1.25 bits per heavy atom. The van der Waals surface area contributed by atoms with Gasteiger partial charge < -0.3 is 16.5 Å². The van der Waals surface area contributed by atoms with Crippen molar-refractivity contribution in [2.24, 2.45) is 0 Å². The van der Waals surface area contributed by atoms with Crippen molar-refractivity contribution in [3.05, 3.63) is 22.8 Å². The summed E-state index contributed by atoms with van der Waals surface area (Å²) in [6.45, 7) is 0. The molecule has 4 heteroatoms. The standard InChI is InChI=1S/C8H8BrN3/c9-7-6(11)3-5(10)4-1-2-12-8(4)7/h1-3,12H,10-11H2. The number of fused-ring (bicyclic) bond motifs is 1. The van der Waals surface area contributed by atoms with Crippen molar-refractivity contribution in [3.8, 4) is 0 Å². The number of aromatic nitrogens is 1. The summed E-state index contributed by atoms with van der Waals surface area (Å²) < 4.78 is 0.872. The normalized spacial score (nSPS) is 10.8. The van der Waals surface area contributed by atoms with Crippen molar-refractivity contribution < 1.29 is 0 Å². The first-order chi connectivity index (χ1) is 5.70. The number of nitrogens with two attached hydrogens (primary N) is 2. The Morgan fingerprint density at radius 2 is 2.00 bits per heavy atom. The Bertz CT molecular complexity index is 433. The van der Waals surface area contributed by atoms with E-state index in [1.165, 1.54) is 0 Å². The summed E-state index contributed by atoms with van der Waals surface area (Å²) in [6.07, 6.45) is 1.84. The minimum atomic E-state index is 0.655. The lowest BCUT2D eigenvalue weighted by molar-refractivity contribution is 1.47. The van der Waals surface area contributed by atoms with E-state index in [-0.39, 0.29) is 0 Å². The Kier molecular flexibility index (Phi) is 1.51. The van der Waals surface area contributed by atoms with Gasteiger partial charge in [0, 0.05) is 17.3 Å². The zero-order chi connectivity index (χ0) is 8.72. The highest BCUT2D eigenvalue weighted by Gasteiger charge is 2.06. The highest BCUT2D eigenvalue weighted by Crippen LogP contribution is 2.32. The van der Waals surface area contributed by atoms with Gasteiger partial charge in [-0.05, 0) is 28.1 Å². The van der Waals surface area contributed by atoms with Crippen molar-refractivity contribution in [2.45, 2.75) is 0 Å². The zero-order valence-corrected chi connectivity index (χ0v) is 7.85. The Balaban J connectivity index is 2.97. The van der Waals surface area contributed by atoms with Crippen LogP contribution in [0.25, 0.3) is 10.9 Å². The maximum absolute atomic E-state index is 5.75. The first-order valence-electron chi connectivity index (χ1n) is 3.50. The third kappa shape index (κ3) is 0.881. The van der Waals surface area contributed by atoms with E-state index in [0.29, 0.717) is 11.4 Å². The summed E-state index contributed by atoms with van der Waals surface area (Å²) in [4.78, 5) is 3.06. The van der Waals surface area contributed by atoms with E-state index in [4.69, 9.17) is 11.5 Å². The van der Waals surface area contributed by atoms with Gasteiger partial charge in [0.2, 0.25) is 0 Å². The van der Waals surface area contributed by atoms with Crippen molar-refractivity contribution in [1.29, 1.82) is 0 Å². The van der Waals surface area contributed by atoms with Crippen molar-refractivity contribution in [2.75, 3.05) is 11.5 Å². The summed E-state index contributed by atoms with van der Waals surface area (Å²) in [5, 5.41) is 0.996. The van der Waals surface area contributed by atoms with Crippen LogP contribution in [-0.2, 0) is 0 Å². The zero-order valence-electron chi connectivity index (χ0n) is 6.26. The van der Waals surface area contributed by atoms with Gasteiger partial charge in [-0.3, -0.25) is 0 Å². The lowest BCUT2D eigenvalue weighted by Gasteiger charge is -2.02. The number of benzene rings is 1. The summed E-state index contributed by atoms with van der Waals surface area (Å²) in [5.41, 5.74) is 13.8. The van der Waals surface area contributed by atoms with E-state index < -0.39 is 0 Å². The van der Waals surface area contributed by atoms with Crippen LogP contribution in [0, 0.1) is 0 Å². The molecule has 3 nitrogen and oxygen atoms in total. The van der Waals surface area contributed by atoms with Gasteiger partial charge in [0.05, 0.1) is 15.7 Å². The molecule has 0 saturated heterocycles. The molecule has 1 aromatic carbocycles. The van der Waals surface area contributed by atoms with Gasteiger partial charge in [0.1, 0.15) is 0 Å². The number of H-pyrrole nitrogens is 1. The molecule has 0 fully saturated rings. The smallest absolute Gasteiger partial charge is 0.0647 e. The molecule has 0 saturated carbocycles. The second-order valence-corrected chi connectivity index (χ2v) is 3.43. The van der Waals surface area contributed by atoms with Crippen LogP contribution in [0.1, 0.15) is 0 Å². The molecular formula is C8H8BrN3. The average Bonchev–Trinajstić information content (AvgIpc) is 2.48. The van der Waals surface area contributed by atoms with E-state index in [1.54, 1.807) is 6.07 Å². The molecule has 12 heavy (non-hydrogen) atoms. The Labute approximate surface area is 77.9 Å². The molecule has 0 aliphatic heterocycles. The molecule has 1 aromatic heterocycles. The third-order valence-electron chi connectivity index (χ3n) is 1.84. The number of hydrogen-bond donors (Lipinski definition) is 3. The van der Waals surface area contributed by atoms with Crippen LogP contribution < -0.4 is 11.5 Å². The fourth-order valence-corrected chi connectivity index (χ4v) is 1.69. The number of nitrogens with one attached hydrogen (secondary N) is 1. The molecule has 0 spiro atoms. The maximum Gasteiger partial charge on any atom is 0.0647 e. The second-order valence-electron chi connectivity index (χ2n) is 2.64. The fraction of sp³-hybridized carbons (Fsp3) is 0. The van der Waals surface area contributed by atoms with Crippen LogP contribution in [0.15, 0.2) is 22.8 Å². The van der Waals surface area contributed by atoms with Crippen molar-refractivity contribution in [3.63, 3.8) is 0 Å². The van der Waals surface area contributed by atoms with Gasteiger partial charge >= 0.3 is 0 Å². The van der Waals surface area contributed by atoms with Crippen molar-refractivity contribution in [1.82, 2.24) is 4.98 Å². The molecule has 62 valence electrons. The average molecular weight is 226 g/mol. The van der Waals surface area contributed by atoms with Crippen LogP contribution in [0.3, 0.4) is 0 Å².